The van der Waals surface area contributed by atoms with Gasteiger partial charge in [-0.1, -0.05) is 15.9 Å². The Hall–Kier alpha value is -0.870. The zero-order valence-corrected chi connectivity index (χ0v) is 9.76. The van der Waals surface area contributed by atoms with E-state index in [2.05, 4.69) is 21.2 Å². The van der Waals surface area contributed by atoms with Crippen molar-refractivity contribution in [2.24, 2.45) is 5.73 Å². The molecule has 0 unspecified atom stereocenters. The summed E-state index contributed by atoms with van der Waals surface area (Å²) in [7, 11) is 0. The van der Waals surface area contributed by atoms with Crippen molar-refractivity contribution in [3.05, 3.63) is 28.2 Å². The van der Waals surface area contributed by atoms with Crippen molar-refractivity contribution < 1.29 is 4.79 Å². The second-order valence-electron chi connectivity index (χ2n) is 3.24. The minimum Gasteiger partial charge on any atom is -0.325 e. The average molecular weight is 257 g/mol. The summed E-state index contributed by atoms with van der Waals surface area (Å²) in [5.74, 6) is -0.174. The maximum atomic E-state index is 11.3. The number of anilines is 1. The standard InChI is InChI=1S/C10H13BrN2O/c1-6-5-8(3-4-9(6)11)13-10(14)7(2)12/h3-5,7H,12H2,1-2H3,(H,13,14)/t7-/m1/s1. The molecule has 0 heterocycles. The van der Waals surface area contributed by atoms with E-state index in [0.717, 1.165) is 15.7 Å². The van der Waals surface area contributed by atoms with E-state index < -0.39 is 6.04 Å². The van der Waals surface area contributed by atoms with Gasteiger partial charge < -0.3 is 11.1 Å². The number of carbonyl (C=O) groups excluding carboxylic acids is 1. The lowest BCUT2D eigenvalue weighted by Crippen LogP contribution is -2.32. The Bertz CT molecular complexity index is 350. The first kappa shape index (κ1) is 11.2. The molecule has 0 bridgehead atoms. The van der Waals surface area contributed by atoms with Crippen LogP contribution in [0.2, 0.25) is 0 Å². The molecular formula is C10H13BrN2O. The van der Waals surface area contributed by atoms with Crippen molar-refractivity contribution in [2.45, 2.75) is 19.9 Å². The highest BCUT2D eigenvalue weighted by atomic mass is 79.9. The van der Waals surface area contributed by atoms with Gasteiger partial charge in [0.15, 0.2) is 0 Å². The van der Waals surface area contributed by atoms with Crippen molar-refractivity contribution in [1.29, 1.82) is 0 Å². The van der Waals surface area contributed by atoms with Crippen LogP contribution in [0.15, 0.2) is 22.7 Å². The van der Waals surface area contributed by atoms with Gasteiger partial charge in [-0.3, -0.25) is 4.79 Å². The van der Waals surface area contributed by atoms with Gasteiger partial charge in [-0.25, -0.2) is 0 Å². The van der Waals surface area contributed by atoms with E-state index in [-0.39, 0.29) is 5.91 Å². The molecule has 1 amide bonds. The lowest BCUT2D eigenvalue weighted by molar-refractivity contribution is -0.117. The highest BCUT2D eigenvalue weighted by Crippen LogP contribution is 2.19. The molecule has 0 aromatic heterocycles. The second-order valence-corrected chi connectivity index (χ2v) is 4.10. The van der Waals surface area contributed by atoms with Crippen molar-refractivity contribution in [2.75, 3.05) is 5.32 Å². The lowest BCUT2D eigenvalue weighted by Gasteiger charge is -2.08. The van der Waals surface area contributed by atoms with Crippen LogP contribution in [0.3, 0.4) is 0 Å². The van der Waals surface area contributed by atoms with Crippen LogP contribution in [0.1, 0.15) is 12.5 Å². The molecule has 3 nitrogen and oxygen atoms in total. The number of benzene rings is 1. The molecule has 1 aromatic carbocycles. The molecule has 0 spiro atoms. The van der Waals surface area contributed by atoms with Crippen LogP contribution in [0.5, 0.6) is 0 Å². The Morgan fingerprint density at radius 1 is 1.57 bits per heavy atom. The summed E-state index contributed by atoms with van der Waals surface area (Å²) in [6, 6.07) is 5.13. The van der Waals surface area contributed by atoms with Crippen molar-refractivity contribution >= 4 is 27.5 Å². The fourth-order valence-electron chi connectivity index (χ4n) is 0.979. The molecule has 3 N–H and O–H groups in total. The molecule has 4 heteroatoms. The number of nitrogens with one attached hydrogen (secondary N) is 1. The SMILES string of the molecule is Cc1cc(NC(=O)[C@@H](C)N)ccc1Br. The van der Waals surface area contributed by atoms with Gasteiger partial charge in [-0.2, -0.15) is 0 Å². The zero-order chi connectivity index (χ0) is 10.7. The Kier molecular flexibility index (Phi) is 3.66. The summed E-state index contributed by atoms with van der Waals surface area (Å²) >= 11 is 3.39. The molecule has 1 atom stereocenters. The lowest BCUT2D eigenvalue weighted by atomic mass is 10.2. The monoisotopic (exact) mass is 256 g/mol. The highest BCUT2D eigenvalue weighted by Gasteiger charge is 2.07. The van der Waals surface area contributed by atoms with E-state index >= 15 is 0 Å². The maximum absolute atomic E-state index is 11.3. The van der Waals surface area contributed by atoms with Crippen molar-refractivity contribution in [3.8, 4) is 0 Å². The Morgan fingerprint density at radius 2 is 2.21 bits per heavy atom. The average Bonchev–Trinajstić information content (AvgIpc) is 2.11. The summed E-state index contributed by atoms with van der Waals surface area (Å²) in [5.41, 5.74) is 7.28. The smallest absolute Gasteiger partial charge is 0.240 e. The van der Waals surface area contributed by atoms with Gasteiger partial charge in [-0.15, -0.1) is 0 Å². The molecule has 1 aromatic rings. The summed E-state index contributed by atoms with van der Waals surface area (Å²) < 4.78 is 1.02. The fraction of sp³-hybridized carbons (Fsp3) is 0.300. The molecule has 0 saturated heterocycles. The third-order valence-electron chi connectivity index (χ3n) is 1.84. The maximum Gasteiger partial charge on any atom is 0.240 e. The van der Waals surface area contributed by atoms with Gasteiger partial charge in [0, 0.05) is 10.2 Å². The van der Waals surface area contributed by atoms with E-state index in [1.807, 2.05) is 25.1 Å². The first-order valence-electron chi connectivity index (χ1n) is 4.33. The van der Waals surface area contributed by atoms with E-state index in [4.69, 9.17) is 5.73 Å². The summed E-state index contributed by atoms with van der Waals surface area (Å²) in [6.45, 7) is 3.62. The van der Waals surface area contributed by atoms with Crippen LogP contribution >= 0.6 is 15.9 Å². The van der Waals surface area contributed by atoms with Crippen LogP contribution in [-0.2, 0) is 4.79 Å². The van der Waals surface area contributed by atoms with Crippen LogP contribution in [0.25, 0.3) is 0 Å². The summed E-state index contributed by atoms with van der Waals surface area (Å²) in [4.78, 5) is 11.3. The number of rotatable bonds is 2. The minimum absolute atomic E-state index is 0.174. The van der Waals surface area contributed by atoms with Crippen molar-refractivity contribution in [3.63, 3.8) is 0 Å². The molecule has 0 saturated carbocycles. The Labute approximate surface area is 91.8 Å². The van der Waals surface area contributed by atoms with Crippen LogP contribution in [-0.4, -0.2) is 11.9 Å². The third kappa shape index (κ3) is 2.82. The molecular weight excluding hydrogens is 244 g/mol. The number of carbonyl (C=O) groups is 1. The predicted molar refractivity (Wildman–Crippen MR) is 61.2 cm³/mol. The van der Waals surface area contributed by atoms with Gasteiger partial charge in [0.05, 0.1) is 6.04 Å². The summed E-state index contributed by atoms with van der Waals surface area (Å²) in [6.07, 6.45) is 0. The number of aryl methyl sites for hydroxylation is 1. The highest BCUT2D eigenvalue weighted by molar-refractivity contribution is 9.10. The number of amides is 1. The predicted octanol–water partition coefficient (Wildman–Crippen LogP) is 2.04. The number of nitrogens with two attached hydrogens (primary N) is 1. The van der Waals surface area contributed by atoms with Gasteiger partial charge in [0.2, 0.25) is 5.91 Å². The Morgan fingerprint density at radius 3 is 2.71 bits per heavy atom. The van der Waals surface area contributed by atoms with E-state index in [1.54, 1.807) is 6.92 Å². The van der Waals surface area contributed by atoms with E-state index in [9.17, 15) is 4.79 Å². The topological polar surface area (TPSA) is 55.1 Å². The Balaban J connectivity index is 2.78. The first-order chi connectivity index (χ1) is 6.50. The number of hydrogen-bond acceptors (Lipinski definition) is 2. The largest absolute Gasteiger partial charge is 0.325 e. The van der Waals surface area contributed by atoms with Crippen molar-refractivity contribution in [1.82, 2.24) is 0 Å². The molecule has 76 valence electrons. The molecule has 0 aliphatic rings. The molecule has 0 radical (unpaired) electrons. The molecule has 14 heavy (non-hydrogen) atoms. The van der Waals surface area contributed by atoms with E-state index in [1.165, 1.54) is 0 Å². The fourth-order valence-corrected chi connectivity index (χ4v) is 1.23. The third-order valence-corrected chi connectivity index (χ3v) is 2.73. The van der Waals surface area contributed by atoms with Gasteiger partial charge >= 0.3 is 0 Å². The van der Waals surface area contributed by atoms with E-state index in [0.29, 0.717) is 0 Å². The van der Waals surface area contributed by atoms with Gasteiger partial charge in [-0.05, 0) is 37.6 Å². The van der Waals surface area contributed by atoms with Gasteiger partial charge in [0.1, 0.15) is 0 Å². The molecule has 1 rings (SSSR count). The van der Waals surface area contributed by atoms with Gasteiger partial charge in [0.25, 0.3) is 0 Å². The van der Waals surface area contributed by atoms with Crippen LogP contribution in [0, 0.1) is 6.92 Å². The van der Waals surface area contributed by atoms with Crippen LogP contribution in [0.4, 0.5) is 5.69 Å². The second kappa shape index (κ2) is 4.57. The molecule has 0 fully saturated rings. The zero-order valence-electron chi connectivity index (χ0n) is 8.17. The van der Waals surface area contributed by atoms with Crippen LogP contribution < -0.4 is 11.1 Å². The molecule has 0 aliphatic carbocycles. The normalized spacial score (nSPS) is 12.3. The number of halogens is 1. The quantitative estimate of drug-likeness (QED) is 0.851. The molecule has 0 aliphatic heterocycles. The minimum atomic E-state index is -0.487. The first-order valence-corrected chi connectivity index (χ1v) is 5.12. The summed E-state index contributed by atoms with van der Waals surface area (Å²) in [5, 5.41) is 2.72. The number of hydrogen-bond donors (Lipinski definition) is 2.